The van der Waals surface area contributed by atoms with Crippen molar-refractivity contribution >= 4 is 13.7 Å². The van der Waals surface area contributed by atoms with Crippen LogP contribution in [-0.4, -0.2) is 57.3 Å². The Hall–Kier alpha value is -2.83. The smallest absolute Gasteiger partial charge is 0.459 e. The van der Waals surface area contributed by atoms with Crippen molar-refractivity contribution < 1.29 is 37.4 Å². The molecule has 0 radical (unpaired) electrons. The fourth-order valence-electron chi connectivity index (χ4n) is 3.54. The number of nitrogens with one attached hydrogen (secondary N) is 2. The van der Waals surface area contributed by atoms with E-state index < -0.39 is 61.2 Å². The Bertz CT molecular complexity index is 1230. The normalized spacial score (nSPS) is 25.8. The van der Waals surface area contributed by atoms with E-state index in [1.54, 1.807) is 25.1 Å². The van der Waals surface area contributed by atoms with Crippen molar-refractivity contribution in [3.63, 3.8) is 0 Å². The Balaban J connectivity index is 1.84. The van der Waals surface area contributed by atoms with Gasteiger partial charge in [-0.2, -0.15) is 5.09 Å². The SMILES string of the molecule is CCOC(=O)C(C)(C)NP(=O)(OC[C@H]1O[C@@H](n2ccc(=O)[nH]c2=O)[C@](C)(F)[C@@H]1O)Oc1ccccc1. The molecule has 2 aromatic rings. The number of aliphatic hydroxyl groups excluding tert-OH is 1. The second kappa shape index (κ2) is 10.7. The molecule has 1 fully saturated rings. The predicted octanol–water partition coefficient (Wildman–Crippen LogP) is 1.66. The summed E-state index contributed by atoms with van der Waals surface area (Å²) in [6.45, 7) is 4.88. The number of carbonyl (C=O) groups excluding carboxylic acids is 1. The van der Waals surface area contributed by atoms with Gasteiger partial charge in [-0.25, -0.2) is 13.8 Å². The Morgan fingerprint density at radius 2 is 1.97 bits per heavy atom. The summed E-state index contributed by atoms with van der Waals surface area (Å²) >= 11 is 0. The summed E-state index contributed by atoms with van der Waals surface area (Å²) in [5.74, 6) is -0.578. The fourth-order valence-corrected chi connectivity index (χ4v) is 5.22. The summed E-state index contributed by atoms with van der Waals surface area (Å²) in [5, 5.41) is 13.1. The standard InChI is InChI=1S/C22H29FN3O9P/c1-5-32-19(29)21(2,3)25-36(31,35-14-9-7-6-8-10-14)33-13-15-17(28)22(4,23)18(34-15)26-12-11-16(27)24-20(26)30/h6-12,15,17-18,28H,5,13H2,1-4H3,(H,25,31)(H,24,27,30)/t15-,17-,18-,22-,36?/m1/s1. The van der Waals surface area contributed by atoms with Crippen LogP contribution in [0.1, 0.15) is 33.9 Å². The summed E-state index contributed by atoms with van der Waals surface area (Å²) in [6.07, 6.45) is -3.80. The molecule has 14 heteroatoms. The average Bonchev–Trinajstić information content (AvgIpc) is 3.01. The Labute approximate surface area is 205 Å². The van der Waals surface area contributed by atoms with E-state index in [4.69, 9.17) is 18.5 Å². The van der Waals surface area contributed by atoms with Crippen LogP contribution >= 0.6 is 7.75 Å². The van der Waals surface area contributed by atoms with Gasteiger partial charge >= 0.3 is 19.4 Å². The van der Waals surface area contributed by atoms with Gasteiger partial charge in [0.1, 0.15) is 23.5 Å². The minimum absolute atomic E-state index is 0.0807. The Kier molecular flexibility index (Phi) is 8.21. The fraction of sp³-hybridized carbons (Fsp3) is 0.500. The number of nitrogens with zero attached hydrogens (tertiary/aromatic N) is 1. The number of carbonyl (C=O) groups is 1. The lowest BCUT2D eigenvalue weighted by molar-refractivity contribution is -0.149. The van der Waals surface area contributed by atoms with Crippen LogP contribution in [0.3, 0.4) is 0 Å². The predicted molar refractivity (Wildman–Crippen MR) is 125 cm³/mol. The zero-order valence-corrected chi connectivity index (χ0v) is 21.1. The summed E-state index contributed by atoms with van der Waals surface area (Å²) in [4.78, 5) is 37.9. The number of ether oxygens (including phenoxy) is 2. The first-order valence-corrected chi connectivity index (χ1v) is 12.6. The number of hydrogen-bond donors (Lipinski definition) is 3. The van der Waals surface area contributed by atoms with Gasteiger partial charge in [-0.05, 0) is 39.8 Å². The number of para-hydroxylation sites is 1. The quantitative estimate of drug-likeness (QED) is 0.305. The van der Waals surface area contributed by atoms with Gasteiger partial charge in [0, 0.05) is 12.3 Å². The minimum Gasteiger partial charge on any atom is -0.465 e. The number of aliphatic hydroxyl groups is 1. The first-order valence-electron chi connectivity index (χ1n) is 11.1. The van der Waals surface area contributed by atoms with Crippen LogP contribution in [-0.2, 0) is 23.4 Å². The van der Waals surface area contributed by atoms with Crippen molar-refractivity contribution in [1.29, 1.82) is 0 Å². The number of H-pyrrole nitrogens is 1. The third-order valence-electron chi connectivity index (χ3n) is 5.40. The molecule has 5 atom stereocenters. The number of esters is 1. The van der Waals surface area contributed by atoms with Crippen LogP contribution in [0, 0.1) is 0 Å². The van der Waals surface area contributed by atoms with Crippen LogP contribution < -0.4 is 20.9 Å². The van der Waals surface area contributed by atoms with Crippen LogP contribution in [0.2, 0.25) is 0 Å². The molecular formula is C22H29FN3O9P. The molecule has 0 bridgehead atoms. The van der Waals surface area contributed by atoms with Crippen LogP contribution in [0.5, 0.6) is 5.75 Å². The van der Waals surface area contributed by atoms with Gasteiger partial charge in [-0.3, -0.25) is 23.7 Å². The molecule has 36 heavy (non-hydrogen) atoms. The lowest BCUT2D eigenvalue weighted by Crippen LogP contribution is -2.47. The van der Waals surface area contributed by atoms with E-state index >= 15 is 4.39 Å². The van der Waals surface area contributed by atoms with Gasteiger partial charge in [0.2, 0.25) is 0 Å². The molecule has 3 rings (SSSR count). The summed E-state index contributed by atoms with van der Waals surface area (Å²) in [7, 11) is -4.35. The van der Waals surface area contributed by atoms with Crippen molar-refractivity contribution in [3.05, 3.63) is 63.4 Å². The molecular weight excluding hydrogens is 500 g/mol. The van der Waals surface area contributed by atoms with Gasteiger partial charge < -0.3 is 19.1 Å². The number of aromatic amines is 1. The zero-order chi connectivity index (χ0) is 26.7. The van der Waals surface area contributed by atoms with E-state index in [0.29, 0.717) is 0 Å². The van der Waals surface area contributed by atoms with Crippen molar-refractivity contribution in [2.45, 2.75) is 57.3 Å². The Morgan fingerprint density at radius 1 is 1.31 bits per heavy atom. The lowest BCUT2D eigenvalue weighted by Gasteiger charge is -2.29. The molecule has 12 nitrogen and oxygen atoms in total. The summed E-state index contributed by atoms with van der Waals surface area (Å²) in [5.41, 5.74) is -5.64. The highest BCUT2D eigenvalue weighted by Gasteiger charge is 2.56. The maximum atomic E-state index is 15.5. The molecule has 198 valence electrons. The number of hydrogen-bond acceptors (Lipinski definition) is 9. The molecule has 1 aromatic heterocycles. The molecule has 0 spiro atoms. The van der Waals surface area contributed by atoms with Gasteiger partial charge in [0.05, 0.1) is 13.2 Å². The minimum atomic E-state index is -4.35. The largest absolute Gasteiger partial charge is 0.465 e. The topological polar surface area (TPSA) is 158 Å². The van der Waals surface area contributed by atoms with Crippen LogP contribution in [0.25, 0.3) is 0 Å². The van der Waals surface area contributed by atoms with E-state index in [1.165, 1.54) is 26.0 Å². The van der Waals surface area contributed by atoms with E-state index in [0.717, 1.165) is 23.8 Å². The zero-order valence-electron chi connectivity index (χ0n) is 20.2. The first-order chi connectivity index (χ1) is 16.8. The van der Waals surface area contributed by atoms with Gasteiger partial charge in [0.25, 0.3) is 5.56 Å². The van der Waals surface area contributed by atoms with E-state index in [2.05, 4.69) is 5.09 Å². The first kappa shape index (κ1) is 27.8. The maximum absolute atomic E-state index is 15.5. The van der Waals surface area contributed by atoms with E-state index in [9.17, 15) is 24.1 Å². The molecule has 0 aliphatic carbocycles. The number of benzene rings is 1. The molecule has 3 N–H and O–H groups in total. The van der Waals surface area contributed by atoms with E-state index in [1.807, 2.05) is 4.98 Å². The highest BCUT2D eigenvalue weighted by atomic mass is 31.2. The molecule has 0 saturated carbocycles. The van der Waals surface area contributed by atoms with Crippen molar-refractivity contribution in [3.8, 4) is 5.75 Å². The van der Waals surface area contributed by atoms with Gasteiger partial charge in [-0.1, -0.05) is 18.2 Å². The number of halogens is 1. The van der Waals surface area contributed by atoms with Crippen molar-refractivity contribution in [2.24, 2.45) is 0 Å². The van der Waals surface area contributed by atoms with Crippen LogP contribution in [0.15, 0.2) is 52.2 Å². The van der Waals surface area contributed by atoms with Crippen LogP contribution in [0.4, 0.5) is 4.39 Å². The maximum Gasteiger partial charge on any atom is 0.459 e. The Morgan fingerprint density at radius 3 is 2.58 bits per heavy atom. The molecule has 2 heterocycles. The highest BCUT2D eigenvalue weighted by molar-refractivity contribution is 7.52. The number of aromatic nitrogens is 2. The number of alkyl halides is 1. The monoisotopic (exact) mass is 529 g/mol. The average molecular weight is 529 g/mol. The summed E-state index contributed by atoms with van der Waals surface area (Å²) < 4.78 is 51.5. The molecule has 1 aliphatic heterocycles. The molecule has 1 unspecified atom stereocenters. The number of rotatable bonds is 10. The third-order valence-corrected chi connectivity index (χ3v) is 7.17. The second-order valence-electron chi connectivity index (χ2n) is 8.80. The highest BCUT2D eigenvalue weighted by Crippen LogP contribution is 2.48. The molecule has 1 saturated heterocycles. The van der Waals surface area contributed by atoms with Crippen molar-refractivity contribution in [1.82, 2.24) is 14.6 Å². The van der Waals surface area contributed by atoms with Gasteiger partial charge in [0.15, 0.2) is 11.9 Å². The van der Waals surface area contributed by atoms with E-state index in [-0.39, 0.29) is 12.4 Å². The van der Waals surface area contributed by atoms with Gasteiger partial charge in [-0.15, -0.1) is 0 Å². The molecule has 0 amide bonds. The second-order valence-corrected chi connectivity index (χ2v) is 10.5. The van der Waals surface area contributed by atoms with Crippen molar-refractivity contribution in [2.75, 3.05) is 13.2 Å². The lowest BCUT2D eigenvalue weighted by atomic mass is 9.98. The summed E-state index contributed by atoms with van der Waals surface area (Å²) in [6, 6.07) is 8.97. The third kappa shape index (κ3) is 6.11. The molecule has 1 aliphatic rings. The molecule has 1 aromatic carbocycles.